The van der Waals surface area contributed by atoms with Crippen LogP contribution in [0.1, 0.15) is 29.6 Å². The van der Waals surface area contributed by atoms with E-state index in [1.54, 1.807) is 19.2 Å². The lowest BCUT2D eigenvalue weighted by molar-refractivity contribution is -0.384. The van der Waals surface area contributed by atoms with Crippen molar-refractivity contribution < 1.29 is 14.5 Å². The van der Waals surface area contributed by atoms with Gasteiger partial charge in [-0.15, -0.1) is 0 Å². The lowest BCUT2D eigenvalue weighted by Crippen LogP contribution is -2.27. The largest absolute Gasteiger partial charge is 0.383 e. The van der Waals surface area contributed by atoms with Crippen molar-refractivity contribution in [2.45, 2.75) is 25.4 Å². The van der Waals surface area contributed by atoms with Crippen molar-refractivity contribution in [1.82, 2.24) is 5.32 Å². The van der Waals surface area contributed by atoms with Crippen LogP contribution in [0, 0.1) is 10.1 Å². The summed E-state index contributed by atoms with van der Waals surface area (Å²) in [7, 11) is 1.58. The van der Waals surface area contributed by atoms with Crippen LogP contribution in [0.2, 0.25) is 0 Å². The first-order chi connectivity index (χ1) is 10.1. The Morgan fingerprint density at radius 1 is 1.52 bits per heavy atom. The maximum atomic E-state index is 12.1. The summed E-state index contributed by atoms with van der Waals surface area (Å²) in [6.07, 6.45) is 2.97. The Morgan fingerprint density at radius 3 is 2.95 bits per heavy atom. The van der Waals surface area contributed by atoms with Gasteiger partial charge in [0.05, 0.1) is 11.0 Å². The Labute approximate surface area is 122 Å². The SMILES string of the molecule is CNc1cccc(C(=O)NCCC2CCCO2)c1[N+](=O)[O-]. The van der Waals surface area contributed by atoms with E-state index in [9.17, 15) is 14.9 Å². The van der Waals surface area contributed by atoms with Crippen LogP contribution in [0.4, 0.5) is 11.4 Å². The second kappa shape index (κ2) is 7.03. The van der Waals surface area contributed by atoms with Crippen LogP contribution in [-0.2, 0) is 4.74 Å². The number of nitrogens with one attached hydrogen (secondary N) is 2. The van der Waals surface area contributed by atoms with E-state index in [2.05, 4.69) is 10.6 Å². The summed E-state index contributed by atoms with van der Waals surface area (Å²) in [5, 5.41) is 16.6. The lowest BCUT2D eigenvalue weighted by atomic mass is 10.1. The molecule has 1 heterocycles. The number of rotatable bonds is 6. The summed E-state index contributed by atoms with van der Waals surface area (Å²) in [5.74, 6) is -0.434. The number of hydrogen-bond donors (Lipinski definition) is 2. The first-order valence-electron chi connectivity index (χ1n) is 6.98. The molecule has 1 atom stereocenters. The Kier molecular flexibility index (Phi) is 5.10. The molecule has 0 bridgehead atoms. The number of nitro groups is 1. The van der Waals surface area contributed by atoms with Gasteiger partial charge in [-0.1, -0.05) is 6.07 Å². The van der Waals surface area contributed by atoms with E-state index in [4.69, 9.17) is 4.74 Å². The fourth-order valence-electron chi connectivity index (χ4n) is 2.44. The number of benzene rings is 1. The van der Waals surface area contributed by atoms with Gasteiger partial charge in [-0.05, 0) is 31.4 Å². The molecule has 0 radical (unpaired) electrons. The zero-order chi connectivity index (χ0) is 15.2. The highest BCUT2D eigenvalue weighted by Gasteiger charge is 2.24. The number of hydrogen-bond acceptors (Lipinski definition) is 5. The molecule has 1 aliphatic heterocycles. The summed E-state index contributed by atoms with van der Waals surface area (Å²) in [6.45, 7) is 1.22. The van der Waals surface area contributed by atoms with Crippen molar-refractivity contribution in [2.24, 2.45) is 0 Å². The molecule has 2 N–H and O–H groups in total. The predicted octanol–water partition coefficient (Wildman–Crippen LogP) is 1.94. The van der Waals surface area contributed by atoms with Gasteiger partial charge in [0.25, 0.3) is 5.91 Å². The predicted molar refractivity (Wildman–Crippen MR) is 78.6 cm³/mol. The minimum absolute atomic E-state index is 0.0687. The van der Waals surface area contributed by atoms with Gasteiger partial charge < -0.3 is 15.4 Å². The Balaban J connectivity index is 2.02. The Morgan fingerprint density at radius 2 is 2.33 bits per heavy atom. The smallest absolute Gasteiger partial charge is 0.305 e. The number of nitrogens with zero attached hydrogens (tertiary/aromatic N) is 1. The summed E-state index contributed by atoms with van der Waals surface area (Å²) in [6, 6.07) is 4.65. The van der Waals surface area contributed by atoms with E-state index in [1.165, 1.54) is 6.07 Å². The highest BCUT2D eigenvalue weighted by atomic mass is 16.6. The van der Waals surface area contributed by atoms with Crippen LogP contribution in [0.25, 0.3) is 0 Å². The van der Waals surface area contributed by atoms with Crippen molar-refractivity contribution in [3.05, 3.63) is 33.9 Å². The molecule has 21 heavy (non-hydrogen) atoms. The van der Waals surface area contributed by atoms with E-state index in [0.717, 1.165) is 25.9 Å². The van der Waals surface area contributed by atoms with Crippen LogP contribution in [-0.4, -0.2) is 37.1 Å². The summed E-state index contributed by atoms with van der Waals surface area (Å²) >= 11 is 0. The average Bonchev–Trinajstić information content (AvgIpc) is 2.99. The number of carbonyl (C=O) groups is 1. The van der Waals surface area contributed by atoms with Gasteiger partial charge in [0.2, 0.25) is 0 Å². The minimum Gasteiger partial charge on any atom is -0.383 e. The first kappa shape index (κ1) is 15.2. The molecule has 1 aromatic rings. The zero-order valence-electron chi connectivity index (χ0n) is 11.9. The number of ether oxygens (including phenoxy) is 1. The average molecular weight is 293 g/mol. The molecule has 0 spiro atoms. The molecule has 1 aromatic carbocycles. The van der Waals surface area contributed by atoms with Crippen molar-refractivity contribution in [3.63, 3.8) is 0 Å². The second-order valence-corrected chi connectivity index (χ2v) is 4.89. The third-order valence-corrected chi connectivity index (χ3v) is 3.51. The molecule has 114 valence electrons. The standard InChI is InChI=1S/C14H19N3O4/c1-15-12-6-2-5-11(13(12)17(19)20)14(18)16-8-7-10-4-3-9-21-10/h2,5-6,10,15H,3-4,7-9H2,1H3,(H,16,18). The normalized spacial score (nSPS) is 17.5. The van der Waals surface area contributed by atoms with Crippen LogP contribution in [0.3, 0.4) is 0 Å². The highest BCUT2D eigenvalue weighted by molar-refractivity contribution is 6.00. The molecular formula is C14H19N3O4. The lowest BCUT2D eigenvalue weighted by Gasteiger charge is -2.11. The third-order valence-electron chi connectivity index (χ3n) is 3.51. The monoisotopic (exact) mass is 293 g/mol. The van der Waals surface area contributed by atoms with Gasteiger partial charge >= 0.3 is 5.69 Å². The van der Waals surface area contributed by atoms with E-state index in [1.807, 2.05) is 0 Å². The van der Waals surface area contributed by atoms with Gasteiger partial charge in [-0.3, -0.25) is 14.9 Å². The summed E-state index contributed by atoms with van der Waals surface area (Å²) < 4.78 is 5.47. The number of para-hydroxylation sites is 1. The molecule has 1 aliphatic rings. The molecule has 1 unspecified atom stereocenters. The van der Waals surface area contributed by atoms with Gasteiger partial charge in [-0.25, -0.2) is 0 Å². The van der Waals surface area contributed by atoms with Gasteiger partial charge in [0.1, 0.15) is 11.3 Å². The van der Waals surface area contributed by atoms with E-state index in [0.29, 0.717) is 12.2 Å². The number of amides is 1. The maximum Gasteiger partial charge on any atom is 0.305 e. The van der Waals surface area contributed by atoms with Crippen LogP contribution < -0.4 is 10.6 Å². The molecule has 7 heteroatoms. The molecule has 2 rings (SSSR count). The van der Waals surface area contributed by atoms with Gasteiger partial charge in [0, 0.05) is 20.2 Å². The van der Waals surface area contributed by atoms with Crippen molar-refractivity contribution >= 4 is 17.3 Å². The molecule has 1 amide bonds. The first-order valence-corrected chi connectivity index (χ1v) is 6.98. The summed E-state index contributed by atoms with van der Waals surface area (Å²) in [4.78, 5) is 22.7. The van der Waals surface area contributed by atoms with Crippen molar-refractivity contribution in [1.29, 1.82) is 0 Å². The van der Waals surface area contributed by atoms with Crippen LogP contribution >= 0.6 is 0 Å². The van der Waals surface area contributed by atoms with Crippen molar-refractivity contribution in [2.75, 3.05) is 25.5 Å². The quantitative estimate of drug-likeness (QED) is 0.617. The fraction of sp³-hybridized carbons (Fsp3) is 0.500. The molecule has 0 aromatic heterocycles. The van der Waals surface area contributed by atoms with E-state index in [-0.39, 0.29) is 17.4 Å². The molecule has 0 aliphatic carbocycles. The number of nitro benzene ring substituents is 1. The Bertz CT molecular complexity index is 527. The minimum atomic E-state index is -0.541. The molecular weight excluding hydrogens is 274 g/mol. The van der Waals surface area contributed by atoms with Gasteiger partial charge in [-0.2, -0.15) is 0 Å². The van der Waals surface area contributed by atoms with E-state index >= 15 is 0 Å². The molecule has 1 saturated heterocycles. The highest BCUT2D eigenvalue weighted by Crippen LogP contribution is 2.28. The number of anilines is 1. The molecule has 0 saturated carbocycles. The molecule has 7 nitrogen and oxygen atoms in total. The zero-order valence-corrected chi connectivity index (χ0v) is 11.9. The summed E-state index contributed by atoms with van der Waals surface area (Å²) in [5.41, 5.74) is 0.195. The van der Waals surface area contributed by atoms with Crippen LogP contribution in [0.15, 0.2) is 18.2 Å². The van der Waals surface area contributed by atoms with Gasteiger partial charge in [0.15, 0.2) is 0 Å². The van der Waals surface area contributed by atoms with E-state index < -0.39 is 10.8 Å². The van der Waals surface area contributed by atoms with Crippen molar-refractivity contribution in [3.8, 4) is 0 Å². The topological polar surface area (TPSA) is 93.5 Å². The third kappa shape index (κ3) is 3.69. The van der Waals surface area contributed by atoms with Crippen LogP contribution in [0.5, 0.6) is 0 Å². The second-order valence-electron chi connectivity index (χ2n) is 4.89. The maximum absolute atomic E-state index is 12.1. The molecule has 1 fully saturated rings. The fourth-order valence-corrected chi connectivity index (χ4v) is 2.44. The number of carbonyl (C=O) groups excluding carboxylic acids is 1. The Hall–Kier alpha value is -2.15.